The Morgan fingerprint density at radius 3 is 2.38 bits per heavy atom. The summed E-state index contributed by atoms with van der Waals surface area (Å²) in [4.78, 5) is 15.3. The maximum atomic E-state index is 13.1. The van der Waals surface area contributed by atoms with Crippen LogP contribution in [0.2, 0.25) is 0 Å². The Hall–Kier alpha value is -3.29. The van der Waals surface area contributed by atoms with Crippen molar-refractivity contribution in [1.82, 2.24) is 4.90 Å². The molecule has 0 aromatic heterocycles. The molecule has 1 saturated heterocycles. The minimum Gasteiger partial charge on any atom is -0.493 e. The quantitative estimate of drug-likeness (QED) is 0.128. The van der Waals surface area contributed by atoms with E-state index in [1.807, 2.05) is 61.5 Å². The van der Waals surface area contributed by atoms with E-state index in [0.717, 1.165) is 23.3 Å². The highest BCUT2D eigenvalue weighted by Crippen LogP contribution is 2.36. The molecule has 0 bridgehead atoms. The molecule has 0 saturated carbocycles. The van der Waals surface area contributed by atoms with Crippen LogP contribution in [0.25, 0.3) is 6.08 Å². The minimum atomic E-state index is -0.0821. The molecule has 7 heteroatoms. The lowest BCUT2D eigenvalue weighted by atomic mass is 10.0. The highest BCUT2D eigenvalue weighted by atomic mass is 32.2. The zero-order valence-electron chi connectivity index (χ0n) is 22.9. The van der Waals surface area contributed by atoms with Crippen molar-refractivity contribution in [1.29, 1.82) is 0 Å². The van der Waals surface area contributed by atoms with Crippen LogP contribution < -0.4 is 14.2 Å². The predicted molar refractivity (Wildman–Crippen MR) is 164 cm³/mol. The van der Waals surface area contributed by atoms with E-state index in [-0.39, 0.29) is 5.91 Å². The zero-order valence-corrected chi connectivity index (χ0v) is 24.6. The number of carbonyl (C=O) groups is 1. The molecule has 0 aliphatic carbocycles. The first-order valence-electron chi connectivity index (χ1n) is 13.3. The third-order valence-electron chi connectivity index (χ3n) is 6.22. The molecule has 0 atom stereocenters. The first-order chi connectivity index (χ1) is 18.9. The number of thiocarbonyl (C=S) groups is 1. The van der Waals surface area contributed by atoms with Crippen LogP contribution in [-0.4, -0.2) is 34.9 Å². The fourth-order valence-electron chi connectivity index (χ4n) is 4.22. The number of thioether (sulfide) groups is 1. The van der Waals surface area contributed by atoms with E-state index in [1.54, 1.807) is 4.90 Å². The van der Waals surface area contributed by atoms with Gasteiger partial charge in [-0.3, -0.25) is 9.69 Å². The van der Waals surface area contributed by atoms with Crippen molar-refractivity contribution < 1.29 is 19.0 Å². The number of aryl methyl sites for hydroxylation is 1. The highest BCUT2D eigenvalue weighted by molar-refractivity contribution is 8.26. The summed E-state index contributed by atoms with van der Waals surface area (Å²) < 4.78 is 18.6. The Morgan fingerprint density at radius 2 is 1.67 bits per heavy atom. The van der Waals surface area contributed by atoms with Crippen molar-refractivity contribution in [2.45, 2.75) is 46.6 Å². The summed E-state index contributed by atoms with van der Waals surface area (Å²) in [5, 5.41) is 0. The molecule has 5 nitrogen and oxygen atoms in total. The van der Waals surface area contributed by atoms with Gasteiger partial charge in [-0.1, -0.05) is 86.4 Å². The number of benzene rings is 3. The second-order valence-corrected chi connectivity index (χ2v) is 11.3. The molecule has 1 heterocycles. The summed E-state index contributed by atoms with van der Waals surface area (Å²) in [7, 11) is 0. The van der Waals surface area contributed by atoms with E-state index in [2.05, 4.69) is 39.0 Å². The lowest BCUT2D eigenvalue weighted by molar-refractivity contribution is -0.122. The maximum absolute atomic E-state index is 13.1. The van der Waals surface area contributed by atoms with Crippen LogP contribution >= 0.6 is 24.0 Å². The van der Waals surface area contributed by atoms with Gasteiger partial charge in [-0.25, -0.2) is 0 Å². The number of carbonyl (C=O) groups excluding carboxylic acids is 1. The largest absolute Gasteiger partial charge is 0.493 e. The fourth-order valence-corrected chi connectivity index (χ4v) is 5.48. The molecule has 0 spiro atoms. The molecule has 0 radical (unpaired) electrons. The normalized spacial score (nSPS) is 14.4. The third kappa shape index (κ3) is 7.64. The van der Waals surface area contributed by atoms with Gasteiger partial charge in [0.1, 0.15) is 10.1 Å². The SMILES string of the molecule is CCOc1cc(/C=C2\SC(=S)N(Cc3ccccc3)C2=O)ccc1OCCCOc1cc(C)ccc1C(C)C. The molecule has 204 valence electrons. The van der Waals surface area contributed by atoms with Gasteiger partial charge in [-0.2, -0.15) is 0 Å². The number of hydrogen-bond donors (Lipinski definition) is 0. The average molecular weight is 562 g/mol. The molecule has 1 aliphatic rings. The number of ether oxygens (including phenoxy) is 3. The number of amides is 1. The monoisotopic (exact) mass is 561 g/mol. The van der Waals surface area contributed by atoms with Crippen molar-refractivity contribution in [3.05, 3.63) is 93.9 Å². The summed E-state index contributed by atoms with van der Waals surface area (Å²) in [6.45, 7) is 10.4. The van der Waals surface area contributed by atoms with Crippen LogP contribution in [0.15, 0.2) is 71.6 Å². The molecule has 3 aromatic rings. The maximum Gasteiger partial charge on any atom is 0.266 e. The number of nitrogens with zero attached hydrogens (tertiary/aromatic N) is 1. The molecular weight excluding hydrogens is 526 g/mol. The van der Waals surface area contributed by atoms with Crippen LogP contribution in [0.4, 0.5) is 0 Å². The first-order valence-corrected chi connectivity index (χ1v) is 14.5. The van der Waals surface area contributed by atoms with Crippen molar-refractivity contribution in [2.24, 2.45) is 0 Å². The molecule has 4 rings (SSSR count). The summed E-state index contributed by atoms with van der Waals surface area (Å²) in [5.74, 6) is 2.58. The van der Waals surface area contributed by atoms with E-state index >= 15 is 0 Å². The van der Waals surface area contributed by atoms with Gasteiger partial charge in [0.2, 0.25) is 0 Å². The highest BCUT2D eigenvalue weighted by Gasteiger charge is 2.32. The summed E-state index contributed by atoms with van der Waals surface area (Å²) in [5.41, 5.74) is 4.30. The fraction of sp³-hybridized carbons (Fsp3) is 0.312. The van der Waals surface area contributed by atoms with Gasteiger partial charge in [0, 0.05) is 6.42 Å². The molecule has 1 aliphatic heterocycles. The smallest absolute Gasteiger partial charge is 0.266 e. The second kappa shape index (κ2) is 13.7. The van der Waals surface area contributed by atoms with Gasteiger partial charge in [0.15, 0.2) is 11.5 Å². The van der Waals surface area contributed by atoms with Crippen molar-refractivity contribution in [3.8, 4) is 17.2 Å². The molecule has 0 N–H and O–H groups in total. The number of rotatable bonds is 12. The Bertz CT molecular complexity index is 1340. The lowest BCUT2D eigenvalue weighted by Gasteiger charge is -2.16. The Morgan fingerprint density at radius 1 is 0.923 bits per heavy atom. The first kappa shape index (κ1) is 28.7. The third-order valence-corrected chi connectivity index (χ3v) is 7.60. The van der Waals surface area contributed by atoms with Gasteiger partial charge >= 0.3 is 0 Å². The van der Waals surface area contributed by atoms with Crippen molar-refractivity contribution >= 4 is 40.3 Å². The Labute approximate surface area is 241 Å². The van der Waals surface area contributed by atoms with E-state index in [4.69, 9.17) is 26.4 Å². The standard InChI is InChI=1S/C32H35NO4S2/c1-5-35-29-19-25(20-30-31(34)33(32(38)39-30)21-24-10-7-6-8-11-24)13-15-27(29)36-16-9-17-37-28-18-23(4)12-14-26(28)22(2)3/h6-8,10-15,18-20,22H,5,9,16-17,21H2,1-4H3/b30-20-. The Balaban J connectivity index is 1.36. The van der Waals surface area contributed by atoms with Crippen LogP contribution in [0, 0.1) is 6.92 Å². The predicted octanol–water partition coefficient (Wildman–Crippen LogP) is 7.77. The van der Waals surface area contributed by atoms with Crippen LogP contribution in [0.5, 0.6) is 17.2 Å². The second-order valence-electron chi connectivity index (χ2n) is 9.64. The zero-order chi connectivity index (χ0) is 27.8. The topological polar surface area (TPSA) is 48.0 Å². The average Bonchev–Trinajstić information content (AvgIpc) is 3.17. The summed E-state index contributed by atoms with van der Waals surface area (Å²) >= 11 is 6.82. The van der Waals surface area contributed by atoms with Crippen LogP contribution in [-0.2, 0) is 11.3 Å². The Kier molecular flexibility index (Phi) is 10.1. The van der Waals surface area contributed by atoms with Gasteiger partial charge in [0.25, 0.3) is 5.91 Å². The van der Waals surface area contributed by atoms with E-state index in [0.29, 0.717) is 53.0 Å². The molecule has 3 aromatic carbocycles. The van der Waals surface area contributed by atoms with Gasteiger partial charge in [0.05, 0.1) is 31.3 Å². The number of hydrogen-bond acceptors (Lipinski definition) is 6. The van der Waals surface area contributed by atoms with E-state index < -0.39 is 0 Å². The van der Waals surface area contributed by atoms with Gasteiger partial charge in [-0.05, 0) is 66.3 Å². The van der Waals surface area contributed by atoms with Crippen molar-refractivity contribution in [2.75, 3.05) is 19.8 Å². The van der Waals surface area contributed by atoms with Gasteiger partial charge < -0.3 is 14.2 Å². The molecule has 1 fully saturated rings. The molecule has 1 amide bonds. The molecule has 39 heavy (non-hydrogen) atoms. The van der Waals surface area contributed by atoms with Crippen LogP contribution in [0.3, 0.4) is 0 Å². The van der Waals surface area contributed by atoms with Gasteiger partial charge in [-0.15, -0.1) is 0 Å². The van der Waals surface area contributed by atoms with Crippen molar-refractivity contribution in [3.63, 3.8) is 0 Å². The van der Waals surface area contributed by atoms with E-state index in [1.165, 1.54) is 22.9 Å². The van der Waals surface area contributed by atoms with E-state index in [9.17, 15) is 4.79 Å². The molecular formula is C32H35NO4S2. The summed E-state index contributed by atoms with van der Waals surface area (Å²) in [6, 6.07) is 21.9. The van der Waals surface area contributed by atoms with Crippen LogP contribution in [0.1, 0.15) is 55.4 Å². The summed E-state index contributed by atoms with van der Waals surface area (Å²) in [6.07, 6.45) is 2.60. The lowest BCUT2D eigenvalue weighted by Crippen LogP contribution is -2.27. The minimum absolute atomic E-state index is 0.0821. The molecule has 0 unspecified atom stereocenters.